The molecular weight excluding hydrogens is 602 g/mol. The van der Waals surface area contributed by atoms with E-state index >= 15 is 0 Å². The molecule has 1 atom stereocenters. The molecule has 11 heteroatoms. The second kappa shape index (κ2) is 14.9. The highest BCUT2D eigenvalue weighted by atomic mass is 35.5. The number of carbonyl (C=O) groups excluding carboxylic acids is 3. The van der Waals surface area contributed by atoms with Crippen LogP contribution in [0.5, 0.6) is 5.75 Å². The number of nitrogens with one attached hydrogen (secondary N) is 3. The van der Waals surface area contributed by atoms with Crippen LogP contribution in [0, 0.1) is 0 Å². The van der Waals surface area contributed by atoms with E-state index in [-0.39, 0.29) is 27.9 Å². The summed E-state index contributed by atoms with van der Waals surface area (Å²) < 4.78 is 5.19. The Kier molecular flexibility index (Phi) is 10.8. The quantitative estimate of drug-likeness (QED) is 0.109. The fourth-order valence-corrected chi connectivity index (χ4v) is 4.90. The minimum absolute atomic E-state index is 0.00396. The minimum Gasteiger partial charge on any atom is -0.497 e. The molecule has 0 aromatic heterocycles. The second-order valence-electron chi connectivity index (χ2n) is 9.38. The van der Waals surface area contributed by atoms with Crippen molar-refractivity contribution in [3.05, 3.63) is 124 Å². The smallest absolute Gasteiger partial charge is 0.335 e. The van der Waals surface area contributed by atoms with E-state index in [9.17, 15) is 24.3 Å². The number of thioether (sulfide) groups is 1. The Balaban J connectivity index is 1.43. The third-order valence-electron chi connectivity index (χ3n) is 6.22. The highest BCUT2D eigenvalue weighted by molar-refractivity contribution is 8.00. The number of hydrogen-bond donors (Lipinski definition) is 4. The van der Waals surface area contributed by atoms with Crippen LogP contribution in [-0.2, 0) is 9.59 Å². The third kappa shape index (κ3) is 8.73. The SMILES string of the molecule is COc1ccc(/C=C(\NC(=O)c2ccccc2)C(=O)Nc2ccc(SC(C)C(=O)Nc3cc(C(=O)O)ccc3Cl)cc2)cc1. The minimum atomic E-state index is -1.13. The van der Waals surface area contributed by atoms with Crippen LogP contribution in [0.1, 0.15) is 33.2 Å². The van der Waals surface area contributed by atoms with Crippen LogP contribution >= 0.6 is 23.4 Å². The molecule has 4 aromatic carbocycles. The number of ether oxygens (including phenoxy) is 1. The number of benzene rings is 4. The lowest BCUT2D eigenvalue weighted by Gasteiger charge is -2.14. The van der Waals surface area contributed by atoms with Crippen molar-refractivity contribution in [2.75, 3.05) is 17.7 Å². The summed E-state index contributed by atoms with van der Waals surface area (Å²) in [6, 6.07) is 26.5. The van der Waals surface area contributed by atoms with Crippen molar-refractivity contribution < 1.29 is 29.0 Å². The Bertz CT molecular complexity index is 1690. The number of methoxy groups -OCH3 is 1. The Hall–Kier alpha value is -5.06. The normalized spacial score (nSPS) is 11.7. The molecule has 224 valence electrons. The largest absolute Gasteiger partial charge is 0.497 e. The van der Waals surface area contributed by atoms with Crippen LogP contribution in [0.15, 0.2) is 108 Å². The highest BCUT2D eigenvalue weighted by Gasteiger charge is 2.18. The van der Waals surface area contributed by atoms with Gasteiger partial charge in [-0.25, -0.2) is 4.79 Å². The molecule has 0 radical (unpaired) electrons. The van der Waals surface area contributed by atoms with Gasteiger partial charge in [0.2, 0.25) is 5.91 Å². The average molecular weight is 630 g/mol. The highest BCUT2D eigenvalue weighted by Crippen LogP contribution is 2.28. The molecule has 0 bridgehead atoms. The van der Waals surface area contributed by atoms with Gasteiger partial charge < -0.3 is 25.8 Å². The van der Waals surface area contributed by atoms with Crippen molar-refractivity contribution in [1.29, 1.82) is 0 Å². The molecule has 0 fully saturated rings. The lowest BCUT2D eigenvalue weighted by molar-refractivity contribution is -0.115. The predicted octanol–water partition coefficient (Wildman–Crippen LogP) is 6.58. The Morgan fingerprint density at radius 3 is 2.18 bits per heavy atom. The third-order valence-corrected chi connectivity index (χ3v) is 7.66. The number of halogens is 1. The summed E-state index contributed by atoms with van der Waals surface area (Å²) in [5.41, 5.74) is 1.81. The van der Waals surface area contributed by atoms with Gasteiger partial charge in [0.25, 0.3) is 11.8 Å². The first-order valence-electron chi connectivity index (χ1n) is 13.3. The van der Waals surface area contributed by atoms with Gasteiger partial charge in [0.05, 0.1) is 28.6 Å². The topological polar surface area (TPSA) is 134 Å². The van der Waals surface area contributed by atoms with Crippen LogP contribution < -0.4 is 20.7 Å². The van der Waals surface area contributed by atoms with Crippen LogP contribution in [0.25, 0.3) is 6.08 Å². The van der Waals surface area contributed by atoms with E-state index in [0.717, 1.165) is 4.90 Å². The molecule has 0 saturated heterocycles. The van der Waals surface area contributed by atoms with Gasteiger partial charge in [-0.15, -0.1) is 11.8 Å². The van der Waals surface area contributed by atoms with Gasteiger partial charge in [-0.2, -0.15) is 0 Å². The summed E-state index contributed by atoms with van der Waals surface area (Å²) in [7, 11) is 1.56. The molecular formula is C33H28ClN3O6S. The van der Waals surface area contributed by atoms with Crippen molar-refractivity contribution >= 4 is 64.5 Å². The number of carboxylic acid groups (broad SMARTS) is 1. The fourth-order valence-electron chi connectivity index (χ4n) is 3.87. The number of carbonyl (C=O) groups is 4. The molecule has 0 aliphatic carbocycles. The first kappa shape index (κ1) is 31.9. The molecule has 0 spiro atoms. The number of aromatic carboxylic acids is 1. The van der Waals surface area contributed by atoms with E-state index in [0.29, 0.717) is 22.6 Å². The summed E-state index contributed by atoms with van der Waals surface area (Å²) in [4.78, 5) is 50.9. The lowest BCUT2D eigenvalue weighted by atomic mass is 10.1. The van der Waals surface area contributed by atoms with Crippen LogP contribution in [0.4, 0.5) is 11.4 Å². The van der Waals surface area contributed by atoms with E-state index < -0.39 is 23.0 Å². The number of rotatable bonds is 11. The number of anilines is 2. The summed E-state index contributed by atoms with van der Waals surface area (Å²) in [5.74, 6) is -1.80. The standard InChI is InChI=1S/C33H28ClN3O6S/c1-20(30(38)36-28-19-23(33(41)42)10-17-27(28)34)44-26-15-11-24(12-16-26)35-32(40)29(18-21-8-13-25(43-2)14-9-21)37-31(39)22-6-4-3-5-7-22/h3-20H,1-2H3,(H,35,40)(H,36,38)(H,37,39)(H,41,42)/b29-18-. The summed E-state index contributed by atoms with van der Waals surface area (Å²) >= 11 is 7.40. The van der Waals surface area contributed by atoms with Gasteiger partial charge >= 0.3 is 5.97 Å². The van der Waals surface area contributed by atoms with E-state index in [1.165, 1.54) is 30.0 Å². The number of hydrogen-bond acceptors (Lipinski definition) is 6. The molecule has 44 heavy (non-hydrogen) atoms. The van der Waals surface area contributed by atoms with E-state index in [4.69, 9.17) is 16.3 Å². The van der Waals surface area contributed by atoms with Crippen LogP contribution in [0.2, 0.25) is 5.02 Å². The van der Waals surface area contributed by atoms with Crippen molar-refractivity contribution in [3.8, 4) is 5.75 Å². The fraction of sp³-hybridized carbons (Fsp3) is 0.0909. The molecule has 1 unspecified atom stereocenters. The van der Waals surface area contributed by atoms with Crippen molar-refractivity contribution in [2.45, 2.75) is 17.1 Å². The summed E-state index contributed by atoms with van der Waals surface area (Å²) in [5, 5.41) is 17.0. The maximum atomic E-state index is 13.3. The molecule has 4 aromatic rings. The monoisotopic (exact) mass is 629 g/mol. The lowest BCUT2D eigenvalue weighted by Crippen LogP contribution is -2.30. The van der Waals surface area contributed by atoms with Crippen LogP contribution in [-0.4, -0.2) is 41.2 Å². The molecule has 9 nitrogen and oxygen atoms in total. The zero-order valence-electron chi connectivity index (χ0n) is 23.7. The van der Waals surface area contributed by atoms with Gasteiger partial charge in [-0.1, -0.05) is 41.9 Å². The first-order chi connectivity index (χ1) is 21.1. The van der Waals surface area contributed by atoms with E-state index in [2.05, 4.69) is 16.0 Å². The number of carboxylic acids is 1. The molecule has 4 N–H and O–H groups in total. The molecule has 4 rings (SSSR count). The van der Waals surface area contributed by atoms with Crippen LogP contribution in [0.3, 0.4) is 0 Å². The van der Waals surface area contributed by atoms with Gasteiger partial charge in [-0.3, -0.25) is 14.4 Å². The Morgan fingerprint density at radius 2 is 1.55 bits per heavy atom. The zero-order chi connectivity index (χ0) is 31.6. The summed E-state index contributed by atoms with van der Waals surface area (Å²) in [6.45, 7) is 1.70. The van der Waals surface area contributed by atoms with Gasteiger partial charge in [0, 0.05) is 16.1 Å². The molecule has 0 heterocycles. The summed E-state index contributed by atoms with van der Waals surface area (Å²) in [6.07, 6.45) is 1.57. The van der Waals surface area contributed by atoms with E-state index in [1.54, 1.807) is 99.0 Å². The van der Waals surface area contributed by atoms with Gasteiger partial charge in [0.15, 0.2) is 0 Å². The Morgan fingerprint density at radius 1 is 0.864 bits per heavy atom. The van der Waals surface area contributed by atoms with Crippen molar-refractivity contribution in [1.82, 2.24) is 5.32 Å². The van der Waals surface area contributed by atoms with Crippen molar-refractivity contribution in [3.63, 3.8) is 0 Å². The Labute approximate surface area is 263 Å². The first-order valence-corrected chi connectivity index (χ1v) is 14.5. The average Bonchev–Trinajstić information content (AvgIpc) is 3.03. The maximum Gasteiger partial charge on any atom is 0.335 e. The molecule has 0 saturated carbocycles. The molecule has 0 aliphatic heterocycles. The van der Waals surface area contributed by atoms with Gasteiger partial charge in [-0.05, 0) is 85.3 Å². The number of amides is 3. The predicted molar refractivity (Wildman–Crippen MR) is 172 cm³/mol. The zero-order valence-corrected chi connectivity index (χ0v) is 25.2. The van der Waals surface area contributed by atoms with Crippen molar-refractivity contribution in [2.24, 2.45) is 0 Å². The second-order valence-corrected chi connectivity index (χ2v) is 11.2. The molecule has 3 amide bonds. The molecule has 0 aliphatic rings. The maximum absolute atomic E-state index is 13.3. The van der Waals surface area contributed by atoms with Gasteiger partial charge in [0.1, 0.15) is 11.4 Å². The van der Waals surface area contributed by atoms with E-state index in [1.807, 2.05) is 0 Å².